The Balaban J connectivity index is 1.61. The van der Waals surface area contributed by atoms with Gasteiger partial charge in [-0.25, -0.2) is 14.8 Å². The van der Waals surface area contributed by atoms with Crippen molar-refractivity contribution in [2.45, 2.75) is 50.1 Å². The molecule has 0 saturated heterocycles. The molecule has 0 unspecified atom stereocenters. The topological polar surface area (TPSA) is 129 Å². The number of hydrogen-bond acceptors (Lipinski definition) is 10. The van der Waals surface area contributed by atoms with Crippen LogP contribution in [0.5, 0.6) is 5.75 Å². The quantitative estimate of drug-likeness (QED) is 0.233. The summed E-state index contributed by atoms with van der Waals surface area (Å²) < 4.78 is 19.4. The van der Waals surface area contributed by atoms with Crippen LogP contribution in [-0.2, 0) is 9.53 Å². The van der Waals surface area contributed by atoms with E-state index in [1.807, 2.05) is 6.07 Å². The Labute approximate surface area is 250 Å². The Morgan fingerprint density at radius 3 is 2.73 bits per heavy atom. The average Bonchev–Trinajstić information content (AvgIpc) is 3.39. The standard InChI is InChI=1S/C28H25BrN4O6S2/c1-13(2)38-25(36)22-15(4)31-28-33(23(22)16-7-6-8-17(10-16)37-5)24(35)20(40-28)12-18-11-19(29)26(39-18)41-27-30-14(3)9-21(34)32-27/h6-13,23H,1-5H3,(H,30,32,34)/b20-12-/t23-/m1/s1. The van der Waals surface area contributed by atoms with Crippen LogP contribution in [0.25, 0.3) is 6.08 Å². The molecule has 1 aromatic carbocycles. The average molecular weight is 658 g/mol. The second kappa shape index (κ2) is 11.7. The van der Waals surface area contributed by atoms with Crippen molar-refractivity contribution in [1.29, 1.82) is 0 Å². The number of esters is 1. The highest BCUT2D eigenvalue weighted by Crippen LogP contribution is 2.35. The van der Waals surface area contributed by atoms with Crippen LogP contribution >= 0.6 is 39.0 Å². The number of carbonyl (C=O) groups is 1. The van der Waals surface area contributed by atoms with Crippen molar-refractivity contribution in [1.82, 2.24) is 14.5 Å². The van der Waals surface area contributed by atoms with Gasteiger partial charge in [0.25, 0.3) is 11.1 Å². The number of aryl methyl sites for hydroxylation is 1. The van der Waals surface area contributed by atoms with E-state index in [-0.39, 0.29) is 22.8 Å². The van der Waals surface area contributed by atoms with Gasteiger partial charge in [0, 0.05) is 17.8 Å². The molecular formula is C28H25BrN4O6S2. The smallest absolute Gasteiger partial charge is 0.338 e. The van der Waals surface area contributed by atoms with E-state index in [2.05, 4.69) is 30.9 Å². The van der Waals surface area contributed by atoms with Gasteiger partial charge in [-0.05, 0) is 79.1 Å². The number of hydrogen-bond donors (Lipinski definition) is 1. The number of aromatic amines is 1. The third-order valence-corrected chi connectivity index (χ3v) is 8.69. The van der Waals surface area contributed by atoms with Gasteiger partial charge in [0.05, 0.1) is 39.5 Å². The molecule has 4 heterocycles. The van der Waals surface area contributed by atoms with Crippen LogP contribution in [0.4, 0.5) is 0 Å². The lowest BCUT2D eigenvalue weighted by Crippen LogP contribution is -2.40. The highest BCUT2D eigenvalue weighted by atomic mass is 79.9. The van der Waals surface area contributed by atoms with Gasteiger partial charge in [-0.1, -0.05) is 23.5 Å². The number of carbonyl (C=O) groups excluding carboxylic acids is 1. The second-order valence-electron chi connectivity index (χ2n) is 9.39. The van der Waals surface area contributed by atoms with Crippen LogP contribution in [0.3, 0.4) is 0 Å². The summed E-state index contributed by atoms with van der Waals surface area (Å²) >= 11 is 5.82. The summed E-state index contributed by atoms with van der Waals surface area (Å²) in [6, 6.07) is 9.59. The molecule has 1 atom stereocenters. The predicted octanol–water partition coefficient (Wildman–Crippen LogP) is 4.09. The SMILES string of the molecule is COc1cccc([C@@H]2C(C(=O)OC(C)C)=C(C)N=c3s/c(=C\c4cc(Br)c(Sc5nc(C)cc(=O)[nH]5)o4)c(=O)n32)c1. The molecule has 4 aromatic rings. The molecule has 0 radical (unpaired) electrons. The Morgan fingerprint density at radius 1 is 1.24 bits per heavy atom. The molecule has 1 N–H and O–H groups in total. The maximum Gasteiger partial charge on any atom is 0.338 e. The molecule has 13 heteroatoms. The summed E-state index contributed by atoms with van der Waals surface area (Å²) in [7, 11) is 1.56. The molecule has 3 aromatic heterocycles. The Bertz CT molecular complexity index is 1940. The van der Waals surface area contributed by atoms with E-state index in [1.165, 1.54) is 22.0 Å². The molecule has 10 nitrogen and oxygen atoms in total. The van der Waals surface area contributed by atoms with Gasteiger partial charge in [0.15, 0.2) is 15.1 Å². The normalized spacial score (nSPS) is 15.2. The lowest BCUT2D eigenvalue weighted by molar-refractivity contribution is -0.143. The van der Waals surface area contributed by atoms with Gasteiger partial charge in [0.1, 0.15) is 11.5 Å². The number of halogens is 1. The summed E-state index contributed by atoms with van der Waals surface area (Å²) in [6.45, 7) is 7.00. The van der Waals surface area contributed by atoms with Crippen molar-refractivity contribution < 1.29 is 18.7 Å². The van der Waals surface area contributed by atoms with Crippen LogP contribution in [0, 0.1) is 6.92 Å². The fourth-order valence-corrected chi connectivity index (χ4v) is 6.70. The molecule has 1 aliphatic heterocycles. The minimum atomic E-state index is -0.770. The van der Waals surface area contributed by atoms with Crippen LogP contribution in [0.15, 0.2) is 81.4 Å². The van der Waals surface area contributed by atoms with Gasteiger partial charge < -0.3 is 18.9 Å². The van der Waals surface area contributed by atoms with E-state index in [0.29, 0.717) is 52.5 Å². The van der Waals surface area contributed by atoms with Crippen LogP contribution in [-0.4, -0.2) is 33.7 Å². The zero-order chi connectivity index (χ0) is 29.4. The molecule has 212 valence electrons. The molecule has 0 fully saturated rings. The lowest BCUT2D eigenvalue weighted by atomic mass is 9.95. The first-order valence-electron chi connectivity index (χ1n) is 12.5. The molecule has 0 aliphatic carbocycles. The second-order valence-corrected chi connectivity index (χ2v) is 12.2. The van der Waals surface area contributed by atoms with E-state index < -0.39 is 12.0 Å². The minimum absolute atomic E-state index is 0.262. The zero-order valence-corrected chi connectivity index (χ0v) is 25.9. The molecule has 1 aliphatic rings. The van der Waals surface area contributed by atoms with Crippen molar-refractivity contribution in [3.63, 3.8) is 0 Å². The number of allylic oxidation sites excluding steroid dienone is 1. The Morgan fingerprint density at radius 2 is 2.02 bits per heavy atom. The van der Waals surface area contributed by atoms with Crippen molar-refractivity contribution in [3.05, 3.63) is 99.2 Å². The number of furan rings is 1. The lowest BCUT2D eigenvalue weighted by Gasteiger charge is -2.25. The molecule has 0 amide bonds. The van der Waals surface area contributed by atoms with Crippen molar-refractivity contribution >= 4 is 51.1 Å². The molecule has 5 rings (SSSR count). The van der Waals surface area contributed by atoms with Crippen LogP contribution in [0.2, 0.25) is 0 Å². The molecule has 0 spiro atoms. The van der Waals surface area contributed by atoms with Crippen molar-refractivity contribution in [3.8, 4) is 5.75 Å². The fourth-order valence-electron chi connectivity index (χ4n) is 4.31. The van der Waals surface area contributed by atoms with Gasteiger partial charge in [-0.3, -0.25) is 14.2 Å². The number of fused-ring (bicyclic) bond motifs is 1. The number of rotatable bonds is 7. The third kappa shape index (κ3) is 6.02. The molecule has 41 heavy (non-hydrogen) atoms. The summed E-state index contributed by atoms with van der Waals surface area (Å²) in [5.74, 6) is 0.460. The van der Waals surface area contributed by atoms with E-state index >= 15 is 0 Å². The van der Waals surface area contributed by atoms with Gasteiger partial charge in [-0.15, -0.1) is 0 Å². The number of benzene rings is 1. The van der Waals surface area contributed by atoms with Gasteiger partial charge in [-0.2, -0.15) is 0 Å². The summed E-state index contributed by atoms with van der Waals surface area (Å²) in [4.78, 5) is 51.0. The summed E-state index contributed by atoms with van der Waals surface area (Å²) in [6.07, 6.45) is 1.27. The van der Waals surface area contributed by atoms with E-state index in [4.69, 9.17) is 13.9 Å². The predicted molar refractivity (Wildman–Crippen MR) is 158 cm³/mol. The summed E-state index contributed by atoms with van der Waals surface area (Å²) in [5.41, 5.74) is 1.41. The first-order valence-corrected chi connectivity index (χ1v) is 14.9. The first-order chi connectivity index (χ1) is 19.5. The number of nitrogens with one attached hydrogen (secondary N) is 1. The molecule has 0 saturated carbocycles. The maximum atomic E-state index is 13.9. The summed E-state index contributed by atoms with van der Waals surface area (Å²) in [5, 5.41) is 0.840. The van der Waals surface area contributed by atoms with Crippen LogP contribution < -0.4 is 25.2 Å². The largest absolute Gasteiger partial charge is 0.497 e. The number of aromatic nitrogens is 3. The first kappa shape index (κ1) is 28.8. The maximum absolute atomic E-state index is 13.9. The molecule has 0 bridgehead atoms. The number of ether oxygens (including phenoxy) is 2. The number of thiazole rings is 1. The minimum Gasteiger partial charge on any atom is -0.497 e. The van der Waals surface area contributed by atoms with E-state index in [9.17, 15) is 14.4 Å². The third-order valence-electron chi connectivity index (χ3n) is 5.98. The van der Waals surface area contributed by atoms with Crippen molar-refractivity contribution in [2.24, 2.45) is 4.99 Å². The van der Waals surface area contributed by atoms with Gasteiger partial charge >= 0.3 is 5.97 Å². The molecular weight excluding hydrogens is 632 g/mol. The van der Waals surface area contributed by atoms with Crippen LogP contribution in [0.1, 0.15) is 43.8 Å². The monoisotopic (exact) mass is 656 g/mol. The van der Waals surface area contributed by atoms with E-state index in [1.54, 1.807) is 65.1 Å². The number of H-pyrrole nitrogens is 1. The zero-order valence-electron chi connectivity index (χ0n) is 22.7. The highest BCUT2D eigenvalue weighted by molar-refractivity contribution is 9.10. The van der Waals surface area contributed by atoms with Gasteiger partial charge in [0.2, 0.25) is 0 Å². The van der Waals surface area contributed by atoms with Crippen molar-refractivity contribution in [2.75, 3.05) is 7.11 Å². The highest BCUT2D eigenvalue weighted by Gasteiger charge is 2.34. The number of nitrogens with zero attached hydrogens (tertiary/aromatic N) is 3. The van der Waals surface area contributed by atoms with E-state index in [0.717, 1.165) is 11.8 Å². The Hall–Kier alpha value is -3.68. The fraction of sp³-hybridized carbons (Fsp3) is 0.250. The number of methoxy groups -OCH3 is 1. The Kier molecular flexibility index (Phi) is 8.20.